The molecule has 0 aromatic carbocycles. The van der Waals surface area contributed by atoms with E-state index in [-0.39, 0.29) is 11.7 Å². The maximum Gasteiger partial charge on any atom is 0.234 e. The fraction of sp³-hybridized carbons (Fsp3) is 0.636. The summed E-state index contributed by atoms with van der Waals surface area (Å²) in [6, 6.07) is 0. The van der Waals surface area contributed by atoms with Gasteiger partial charge < -0.3 is 10.3 Å². The number of nitrogens with one attached hydrogen (secondary N) is 3. The summed E-state index contributed by atoms with van der Waals surface area (Å²) in [5.41, 5.74) is 2.12. The zero-order chi connectivity index (χ0) is 15.0. The van der Waals surface area contributed by atoms with Crippen molar-refractivity contribution in [3.8, 4) is 0 Å². The van der Waals surface area contributed by atoms with Crippen molar-refractivity contribution in [2.75, 3.05) is 25.1 Å². The molecule has 0 fully saturated rings. The number of H-pyrrole nitrogens is 1. The Morgan fingerprint density at radius 3 is 2.85 bits per heavy atom. The molecule has 1 aromatic rings. The molecule has 1 rings (SSSR count). The minimum atomic E-state index is -3.28. The fourth-order valence-electron chi connectivity index (χ4n) is 1.31. The molecule has 1 aromatic heterocycles. The molecule has 0 spiro atoms. The van der Waals surface area contributed by atoms with Crippen LogP contribution in [0, 0.1) is 6.92 Å². The van der Waals surface area contributed by atoms with Gasteiger partial charge in [0, 0.05) is 24.2 Å². The number of thioether (sulfide) groups is 1. The van der Waals surface area contributed by atoms with Gasteiger partial charge in [0.05, 0.1) is 24.3 Å². The Hall–Kier alpha value is -1.22. The van der Waals surface area contributed by atoms with Gasteiger partial charge in [-0.1, -0.05) is 0 Å². The minimum absolute atomic E-state index is 0.0293. The average molecular weight is 319 g/mol. The lowest BCUT2D eigenvalue weighted by Gasteiger charge is -2.08. The summed E-state index contributed by atoms with van der Waals surface area (Å²) >= 11 is 1.72. The number of aryl methyl sites for hydroxylation is 1. The highest BCUT2D eigenvalue weighted by atomic mass is 32.2. The maximum atomic E-state index is 11.4. The van der Waals surface area contributed by atoms with Crippen LogP contribution in [0.25, 0.3) is 0 Å². The van der Waals surface area contributed by atoms with E-state index in [1.165, 1.54) is 0 Å². The molecule has 0 aliphatic rings. The van der Waals surface area contributed by atoms with E-state index >= 15 is 0 Å². The van der Waals surface area contributed by atoms with Gasteiger partial charge in [0.15, 0.2) is 0 Å². The lowest BCUT2D eigenvalue weighted by atomic mass is 10.4. The van der Waals surface area contributed by atoms with Gasteiger partial charge in [0.1, 0.15) is 0 Å². The number of nitrogens with zero attached hydrogens (tertiary/aromatic N) is 2. The number of hydrogen-bond donors (Lipinski definition) is 3. The van der Waals surface area contributed by atoms with Crippen LogP contribution in [-0.4, -0.2) is 49.4 Å². The van der Waals surface area contributed by atoms with Gasteiger partial charge in [0.25, 0.3) is 0 Å². The van der Waals surface area contributed by atoms with Crippen LogP contribution in [0.4, 0.5) is 0 Å². The Balaban J connectivity index is 2.33. The quantitative estimate of drug-likeness (QED) is 0.385. The molecule has 0 aliphatic carbocycles. The maximum absolute atomic E-state index is 11.4. The molecule has 20 heavy (non-hydrogen) atoms. The number of aliphatic imine (C=N–C) groups is 1. The molecule has 1 heterocycles. The van der Waals surface area contributed by atoms with Crippen LogP contribution in [0.15, 0.2) is 11.3 Å². The summed E-state index contributed by atoms with van der Waals surface area (Å²) < 4.78 is 25.2. The predicted octanol–water partition coefficient (Wildman–Crippen LogP) is 0.466. The van der Waals surface area contributed by atoms with Gasteiger partial charge in [-0.05, 0) is 13.8 Å². The van der Waals surface area contributed by atoms with E-state index in [2.05, 4.69) is 25.0 Å². The Morgan fingerprint density at radius 1 is 1.55 bits per heavy atom. The van der Waals surface area contributed by atoms with Crippen molar-refractivity contribution in [3.63, 3.8) is 0 Å². The second-order valence-electron chi connectivity index (χ2n) is 4.00. The molecule has 0 saturated heterocycles. The predicted molar refractivity (Wildman–Crippen MR) is 83.4 cm³/mol. The van der Waals surface area contributed by atoms with Gasteiger partial charge in [0.2, 0.25) is 16.0 Å². The second-order valence-corrected chi connectivity index (χ2v) is 7.12. The Bertz CT molecular complexity index is 539. The first-order chi connectivity index (χ1) is 9.48. The number of guanidine groups is 1. The largest absolute Gasteiger partial charge is 0.359 e. The lowest BCUT2D eigenvalue weighted by molar-refractivity contribution is 0.593. The summed E-state index contributed by atoms with van der Waals surface area (Å²) in [6.07, 6.45) is 1.68. The third-order valence-corrected chi connectivity index (χ3v) is 4.78. The molecule has 7 nitrogen and oxygen atoms in total. The number of aromatic nitrogens is 2. The standard InChI is InChI=1S/C11H21N5O2S2/c1-4-20(17,18)16-11(12-3)13-5-6-19-7-10-9(2)14-8-15-10/h8H,4-7H2,1-3H3,(H,14,15)(H2,12,13,16). The smallest absolute Gasteiger partial charge is 0.234 e. The molecule has 3 N–H and O–H groups in total. The molecule has 0 bridgehead atoms. The van der Waals surface area contributed by atoms with Crippen LogP contribution < -0.4 is 10.0 Å². The van der Waals surface area contributed by atoms with Crippen molar-refractivity contribution in [1.29, 1.82) is 0 Å². The van der Waals surface area contributed by atoms with Crippen LogP contribution in [0.2, 0.25) is 0 Å². The molecule has 114 valence electrons. The first-order valence-electron chi connectivity index (χ1n) is 6.27. The Labute approximate surface area is 124 Å². The average Bonchev–Trinajstić information content (AvgIpc) is 2.82. The van der Waals surface area contributed by atoms with E-state index in [0.29, 0.717) is 6.54 Å². The highest BCUT2D eigenvalue weighted by molar-refractivity contribution is 7.98. The molecule has 9 heteroatoms. The zero-order valence-corrected chi connectivity index (χ0v) is 13.6. The number of rotatable bonds is 7. The summed E-state index contributed by atoms with van der Waals surface area (Å²) in [5, 5.41) is 2.74. The van der Waals surface area contributed by atoms with Gasteiger partial charge in [-0.25, -0.2) is 13.4 Å². The summed E-state index contributed by atoms with van der Waals surface area (Å²) in [6.45, 7) is 4.08. The first kappa shape index (κ1) is 16.8. The van der Waals surface area contributed by atoms with Crippen LogP contribution in [0.5, 0.6) is 0 Å². The minimum Gasteiger partial charge on any atom is -0.359 e. The highest BCUT2D eigenvalue weighted by Crippen LogP contribution is 2.11. The van der Waals surface area contributed by atoms with Crippen molar-refractivity contribution in [2.24, 2.45) is 4.99 Å². The Kier molecular flexibility index (Phi) is 6.86. The van der Waals surface area contributed by atoms with Gasteiger partial charge in [-0.2, -0.15) is 11.8 Å². The van der Waals surface area contributed by atoms with E-state index in [1.54, 1.807) is 32.1 Å². The van der Waals surface area contributed by atoms with E-state index < -0.39 is 10.0 Å². The zero-order valence-electron chi connectivity index (χ0n) is 11.9. The van der Waals surface area contributed by atoms with Gasteiger partial charge in [-0.3, -0.25) is 9.71 Å². The third kappa shape index (κ3) is 5.83. The highest BCUT2D eigenvalue weighted by Gasteiger charge is 2.08. The van der Waals surface area contributed by atoms with Crippen LogP contribution in [0.3, 0.4) is 0 Å². The summed E-state index contributed by atoms with van der Waals surface area (Å²) in [7, 11) is -1.64. The molecule has 0 radical (unpaired) electrons. The second kappa shape index (κ2) is 8.15. The van der Waals surface area contributed by atoms with Gasteiger partial charge in [-0.15, -0.1) is 0 Å². The van der Waals surface area contributed by atoms with Crippen LogP contribution in [-0.2, 0) is 15.8 Å². The SMILES string of the molecule is CCS(=O)(=O)NC(=NCCSCc1[nH]cnc1C)NC. The molecule has 0 amide bonds. The summed E-state index contributed by atoms with van der Waals surface area (Å²) in [4.78, 5) is 11.4. The molecule has 0 unspecified atom stereocenters. The normalized spacial score (nSPS) is 12.4. The van der Waals surface area contributed by atoms with E-state index in [0.717, 1.165) is 22.9 Å². The fourth-order valence-corrected chi connectivity index (χ4v) is 2.78. The van der Waals surface area contributed by atoms with Crippen molar-refractivity contribution in [2.45, 2.75) is 19.6 Å². The van der Waals surface area contributed by atoms with Crippen LogP contribution >= 0.6 is 11.8 Å². The van der Waals surface area contributed by atoms with Crippen molar-refractivity contribution in [3.05, 3.63) is 17.7 Å². The number of hydrogen-bond acceptors (Lipinski definition) is 5. The lowest BCUT2D eigenvalue weighted by Crippen LogP contribution is -2.40. The number of aromatic amines is 1. The molecular formula is C11H21N5O2S2. The van der Waals surface area contributed by atoms with E-state index in [4.69, 9.17) is 0 Å². The van der Waals surface area contributed by atoms with Crippen molar-refractivity contribution in [1.82, 2.24) is 20.0 Å². The molecule has 0 saturated carbocycles. The van der Waals surface area contributed by atoms with Gasteiger partial charge >= 0.3 is 0 Å². The first-order valence-corrected chi connectivity index (χ1v) is 9.08. The third-order valence-electron chi connectivity index (χ3n) is 2.55. The topological polar surface area (TPSA) is 99.2 Å². The van der Waals surface area contributed by atoms with Crippen LogP contribution in [0.1, 0.15) is 18.3 Å². The van der Waals surface area contributed by atoms with E-state index in [1.807, 2.05) is 6.92 Å². The van der Waals surface area contributed by atoms with Crippen molar-refractivity contribution >= 4 is 27.7 Å². The molecule has 0 aliphatic heterocycles. The molecular weight excluding hydrogens is 298 g/mol. The Morgan fingerprint density at radius 2 is 2.30 bits per heavy atom. The number of sulfonamides is 1. The molecule has 0 atom stereocenters. The van der Waals surface area contributed by atoms with Crippen molar-refractivity contribution < 1.29 is 8.42 Å². The number of imidazole rings is 1. The monoisotopic (exact) mass is 319 g/mol. The van der Waals surface area contributed by atoms with E-state index in [9.17, 15) is 8.42 Å². The summed E-state index contributed by atoms with van der Waals surface area (Å²) in [5.74, 6) is 1.96.